The summed E-state index contributed by atoms with van der Waals surface area (Å²) in [6.07, 6.45) is 0.972. The van der Waals surface area contributed by atoms with Gasteiger partial charge in [-0.2, -0.15) is 9.97 Å². The molecule has 1 aromatic rings. The van der Waals surface area contributed by atoms with Crippen LogP contribution in [0.2, 0.25) is 6.32 Å². The minimum atomic E-state index is 0.715. The van der Waals surface area contributed by atoms with Crippen LogP contribution >= 0.6 is 0 Å². The first-order valence-corrected chi connectivity index (χ1v) is 4.39. The Morgan fingerprint density at radius 3 is 2.15 bits per heavy atom. The van der Waals surface area contributed by atoms with Crippen molar-refractivity contribution in [3.05, 3.63) is 11.6 Å². The molecule has 0 saturated heterocycles. The zero-order chi connectivity index (χ0) is 9.84. The summed E-state index contributed by atoms with van der Waals surface area (Å²) in [7, 11) is 3.98. The van der Waals surface area contributed by atoms with E-state index in [2.05, 4.69) is 21.9 Å². The van der Waals surface area contributed by atoms with Gasteiger partial charge in [-0.25, -0.2) is 4.98 Å². The van der Waals surface area contributed by atoms with Crippen LogP contribution in [-0.4, -0.2) is 29.4 Å². The Balaban J connectivity index is 2.87. The van der Waals surface area contributed by atoms with Crippen molar-refractivity contribution in [2.45, 2.75) is 27.1 Å². The number of anilines is 1. The van der Waals surface area contributed by atoms with Crippen LogP contribution in [0.25, 0.3) is 0 Å². The van der Waals surface area contributed by atoms with E-state index in [-0.39, 0.29) is 0 Å². The largest absolute Gasteiger partial charge is 0.392 e. The second kappa shape index (κ2) is 4.21. The molecular formula is C8H14BN4. The summed E-state index contributed by atoms with van der Waals surface area (Å²) in [6.45, 7) is 5.83. The van der Waals surface area contributed by atoms with Gasteiger partial charge in [0.2, 0.25) is 13.4 Å². The predicted octanol–water partition coefficient (Wildman–Crippen LogP) is 0.982. The minimum Gasteiger partial charge on any atom is -0.392 e. The van der Waals surface area contributed by atoms with E-state index in [1.165, 1.54) is 0 Å². The van der Waals surface area contributed by atoms with Gasteiger partial charge in [-0.3, -0.25) is 0 Å². The van der Waals surface area contributed by atoms with Gasteiger partial charge in [0.1, 0.15) is 11.6 Å². The predicted molar refractivity (Wildman–Crippen MR) is 53.9 cm³/mol. The quantitative estimate of drug-likeness (QED) is 0.645. The van der Waals surface area contributed by atoms with Crippen LogP contribution in [0, 0.1) is 13.8 Å². The number of aryl methyl sites for hydroxylation is 2. The van der Waals surface area contributed by atoms with Gasteiger partial charge < -0.3 is 4.81 Å². The van der Waals surface area contributed by atoms with Gasteiger partial charge in [0, 0.05) is 0 Å². The van der Waals surface area contributed by atoms with E-state index >= 15 is 0 Å². The Kier molecular flexibility index (Phi) is 3.22. The third-order valence-corrected chi connectivity index (χ3v) is 1.62. The highest BCUT2D eigenvalue weighted by atomic mass is 15.2. The van der Waals surface area contributed by atoms with Gasteiger partial charge in [0.15, 0.2) is 0 Å². The number of hydrogen-bond acceptors (Lipinski definition) is 4. The van der Waals surface area contributed by atoms with E-state index < -0.39 is 0 Å². The maximum atomic E-state index is 4.22. The van der Waals surface area contributed by atoms with Crippen molar-refractivity contribution in [1.29, 1.82) is 0 Å². The van der Waals surface area contributed by atoms with Crippen molar-refractivity contribution in [3.8, 4) is 0 Å². The van der Waals surface area contributed by atoms with E-state index in [4.69, 9.17) is 0 Å². The normalized spacial score (nSPS) is 9.85. The maximum absolute atomic E-state index is 4.22. The zero-order valence-electron chi connectivity index (χ0n) is 8.57. The molecule has 0 aliphatic heterocycles. The summed E-state index contributed by atoms with van der Waals surface area (Å²) in [5, 5.41) is 0. The Morgan fingerprint density at radius 1 is 1.15 bits per heavy atom. The molecule has 13 heavy (non-hydrogen) atoms. The standard InChI is InChI=1S/C8H14BN4/c1-5-9-13(4)8-11-6(2)10-7(3)12-8/h5H2,1-4H3. The van der Waals surface area contributed by atoms with Crippen LogP contribution < -0.4 is 4.81 Å². The number of hydrogen-bond donors (Lipinski definition) is 0. The van der Waals surface area contributed by atoms with Crippen LogP contribution in [0.15, 0.2) is 0 Å². The maximum Gasteiger partial charge on any atom is 0.249 e. The second-order valence-electron chi connectivity index (χ2n) is 2.93. The molecule has 0 N–H and O–H groups in total. The average molecular weight is 177 g/mol. The van der Waals surface area contributed by atoms with Crippen LogP contribution in [0.5, 0.6) is 0 Å². The van der Waals surface area contributed by atoms with E-state index in [0.29, 0.717) is 5.95 Å². The molecule has 0 aliphatic carbocycles. The SMILES string of the molecule is CC[B]N(C)c1nc(C)nc(C)n1. The Morgan fingerprint density at radius 2 is 1.69 bits per heavy atom. The average Bonchev–Trinajstić information content (AvgIpc) is 2.03. The molecule has 1 heterocycles. The molecule has 1 rings (SSSR count). The summed E-state index contributed by atoms with van der Waals surface area (Å²) in [5.74, 6) is 2.24. The molecule has 1 aromatic heterocycles. The van der Waals surface area contributed by atoms with Gasteiger partial charge in [-0.1, -0.05) is 13.2 Å². The lowest BCUT2D eigenvalue weighted by molar-refractivity contribution is 0.906. The monoisotopic (exact) mass is 177 g/mol. The summed E-state index contributed by atoms with van der Waals surface area (Å²) in [4.78, 5) is 14.5. The van der Waals surface area contributed by atoms with E-state index in [1.807, 2.05) is 33.1 Å². The fourth-order valence-corrected chi connectivity index (χ4v) is 1.11. The molecule has 0 bridgehead atoms. The van der Waals surface area contributed by atoms with Crippen molar-refractivity contribution in [1.82, 2.24) is 15.0 Å². The number of nitrogens with zero attached hydrogens (tertiary/aromatic N) is 4. The molecule has 0 saturated carbocycles. The lowest BCUT2D eigenvalue weighted by atomic mass is 9.88. The molecule has 0 atom stereocenters. The molecule has 4 nitrogen and oxygen atoms in total. The van der Waals surface area contributed by atoms with Gasteiger partial charge in [0.25, 0.3) is 0 Å². The number of aromatic nitrogens is 3. The fourth-order valence-electron chi connectivity index (χ4n) is 1.11. The molecule has 0 fully saturated rings. The van der Waals surface area contributed by atoms with Crippen LogP contribution in [0.4, 0.5) is 5.95 Å². The van der Waals surface area contributed by atoms with Crippen LogP contribution in [0.1, 0.15) is 18.6 Å². The van der Waals surface area contributed by atoms with Crippen molar-refractivity contribution in [3.63, 3.8) is 0 Å². The first kappa shape index (κ1) is 9.96. The van der Waals surface area contributed by atoms with Gasteiger partial charge >= 0.3 is 0 Å². The summed E-state index contributed by atoms with van der Waals surface area (Å²) >= 11 is 0. The van der Waals surface area contributed by atoms with Crippen molar-refractivity contribution >= 4 is 13.4 Å². The smallest absolute Gasteiger partial charge is 0.249 e. The molecule has 0 unspecified atom stereocenters. The third-order valence-electron chi connectivity index (χ3n) is 1.62. The highest BCUT2D eigenvalue weighted by Crippen LogP contribution is 2.04. The Labute approximate surface area is 79.7 Å². The molecular weight excluding hydrogens is 163 g/mol. The lowest BCUT2D eigenvalue weighted by Crippen LogP contribution is -2.24. The highest BCUT2D eigenvalue weighted by Gasteiger charge is 2.05. The first-order valence-electron chi connectivity index (χ1n) is 4.39. The lowest BCUT2D eigenvalue weighted by Gasteiger charge is -2.15. The van der Waals surface area contributed by atoms with Gasteiger partial charge in [-0.05, 0) is 20.9 Å². The first-order chi connectivity index (χ1) is 6.13. The topological polar surface area (TPSA) is 41.9 Å². The summed E-state index contributed by atoms with van der Waals surface area (Å²) < 4.78 is 0. The van der Waals surface area contributed by atoms with Gasteiger partial charge in [-0.15, -0.1) is 0 Å². The fraction of sp³-hybridized carbons (Fsp3) is 0.625. The van der Waals surface area contributed by atoms with E-state index in [9.17, 15) is 0 Å². The zero-order valence-corrected chi connectivity index (χ0v) is 8.57. The highest BCUT2D eigenvalue weighted by molar-refractivity contribution is 6.40. The van der Waals surface area contributed by atoms with Crippen LogP contribution in [0.3, 0.4) is 0 Å². The molecule has 0 aromatic carbocycles. The molecule has 0 aliphatic rings. The Hall–Kier alpha value is -1.13. The van der Waals surface area contributed by atoms with Gasteiger partial charge in [0.05, 0.1) is 0 Å². The summed E-state index contributed by atoms with van der Waals surface area (Å²) in [6, 6.07) is 0. The molecule has 0 amide bonds. The van der Waals surface area contributed by atoms with E-state index in [1.54, 1.807) is 0 Å². The molecule has 0 spiro atoms. The second-order valence-corrected chi connectivity index (χ2v) is 2.93. The van der Waals surface area contributed by atoms with Crippen molar-refractivity contribution < 1.29 is 0 Å². The van der Waals surface area contributed by atoms with Crippen LogP contribution in [-0.2, 0) is 0 Å². The van der Waals surface area contributed by atoms with Crippen molar-refractivity contribution in [2.24, 2.45) is 0 Å². The van der Waals surface area contributed by atoms with Crippen molar-refractivity contribution in [2.75, 3.05) is 11.9 Å². The minimum absolute atomic E-state index is 0.715. The summed E-state index contributed by atoms with van der Waals surface area (Å²) in [5.41, 5.74) is 0. The Bertz CT molecular complexity index is 269. The third kappa shape index (κ3) is 2.68. The number of rotatable bonds is 3. The molecule has 5 heteroatoms. The van der Waals surface area contributed by atoms with E-state index in [0.717, 1.165) is 18.0 Å². The molecule has 1 radical (unpaired) electrons. The molecule has 69 valence electrons.